The molecular weight excluding hydrogens is 489 g/mol. The minimum absolute atomic E-state index is 0.106. The van der Waals surface area contributed by atoms with Gasteiger partial charge in [0, 0.05) is 24.0 Å². The van der Waals surface area contributed by atoms with Crippen LogP contribution in [0.15, 0.2) is 83.2 Å². The van der Waals surface area contributed by atoms with Gasteiger partial charge in [0.15, 0.2) is 6.23 Å². The van der Waals surface area contributed by atoms with Crippen LogP contribution in [0.2, 0.25) is 0 Å². The van der Waals surface area contributed by atoms with Crippen LogP contribution in [0.4, 0.5) is 0 Å². The van der Waals surface area contributed by atoms with Gasteiger partial charge >= 0.3 is 14.3 Å². The lowest BCUT2D eigenvalue weighted by atomic mass is 10.1. The highest BCUT2D eigenvalue weighted by Crippen LogP contribution is 2.32. The zero-order valence-corrected chi connectivity index (χ0v) is 20.4. The van der Waals surface area contributed by atoms with Crippen molar-refractivity contribution in [2.75, 3.05) is 6.61 Å². The molecule has 3 heterocycles. The molecule has 0 spiro atoms. The quantitative estimate of drug-likeness (QED) is 0.267. The van der Waals surface area contributed by atoms with Gasteiger partial charge in [0.05, 0.1) is 18.8 Å². The standard InChI is InChI=1S/C21H22N3O8P.C3H6/c25-17-8-9-23(20-19(27)18(26)16(32-20)12-31-33(29)30)21(28)24(17)11-15-7-6-14(10-22-15)13-4-2-1-3-5-13;1-3-2/h1-10,16,18-20,26-27,29-30H,11-12H2;3H,1H2,2H3. The van der Waals surface area contributed by atoms with E-state index in [0.717, 1.165) is 26.3 Å². The Morgan fingerprint density at radius 3 is 2.39 bits per heavy atom. The molecule has 1 aliphatic rings. The van der Waals surface area contributed by atoms with Crippen molar-refractivity contribution < 1.29 is 29.3 Å². The number of nitrogens with zero attached hydrogens (tertiary/aromatic N) is 3. The van der Waals surface area contributed by atoms with E-state index in [9.17, 15) is 19.8 Å². The molecule has 4 rings (SSSR count). The average molecular weight is 517 g/mol. The van der Waals surface area contributed by atoms with E-state index in [4.69, 9.17) is 14.5 Å². The zero-order valence-electron chi connectivity index (χ0n) is 19.5. The van der Waals surface area contributed by atoms with Crippen molar-refractivity contribution in [2.24, 2.45) is 0 Å². The second-order valence-electron chi connectivity index (χ2n) is 7.84. The molecule has 36 heavy (non-hydrogen) atoms. The van der Waals surface area contributed by atoms with E-state index in [1.165, 1.54) is 6.20 Å². The molecule has 0 saturated carbocycles. The summed E-state index contributed by atoms with van der Waals surface area (Å²) in [4.78, 5) is 47.5. The third-order valence-electron chi connectivity index (χ3n) is 5.31. The summed E-state index contributed by atoms with van der Waals surface area (Å²) in [7, 11) is -2.67. The van der Waals surface area contributed by atoms with Crippen molar-refractivity contribution in [3.63, 3.8) is 0 Å². The van der Waals surface area contributed by atoms with Crippen LogP contribution in [0.25, 0.3) is 11.1 Å². The molecule has 0 bridgehead atoms. The number of allylic oxidation sites excluding steroid dienone is 1. The Morgan fingerprint density at radius 1 is 1.08 bits per heavy atom. The number of hydrogen-bond acceptors (Lipinski definition) is 9. The lowest BCUT2D eigenvalue weighted by Crippen LogP contribution is -2.43. The van der Waals surface area contributed by atoms with E-state index in [0.29, 0.717) is 5.69 Å². The van der Waals surface area contributed by atoms with Gasteiger partial charge in [-0.05, 0) is 18.6 Å². The summed E-state index contributed by atoms with van der Waals surface area (Å²) in [5.41, 5.74) is 1.02. The highest BCUT2D eigenvalue weighted by atomic mass is 31.2. The van der Waals surface area contributed by atoms with Crippen LogP contribution in [0, 0.1) is 0 Å². The highest BCUT2D eigenvalue weighted by Gasteiger charge is 2.44. The summed E-state index contributed by atoms with van der Waals surface area (Å²) in [6, 6.07) is 14.3. The van der Waals surface area contributed by atoms with Gasteiger partial charge < -0.3 is 29.3 Å². The predicted octanol–water partition coefficient (Wildman–Crippen LogP) is 1.16. The third-order valence-corrected chi connectivity index (χ3v) is 5.69. The average Bonchev–Trinajstić information content (AvgIpc) is 3.15. The van der Waals surface area contributed by atoms with Gasteiger partial charge in [0.1, 0.15) is 18.3 Å². The Bertz CT molecular complexity index is 1250. The summed E-state index contributed by atoms with van der Waals surface area (Å²) in [6.07, 6.45) is -0.779. The smallest absolute Gasteiger partial charge is 0.333 e. The second-order valence-corrected chi connectivity index (χ2v) is 8.60. The molecule has 1 aliphatic heterocycles. The van der Waals surface area contributed by atoms with Crippen LogP contribution >= 0.6 is 8.60 Å². The van der Waals surface area contributed by atoms with Crippen LogP contribution in [0.5, 0.6) is 0 Å². The number of hydrogen-bond donors (Lipinski definition) is 4. The molecule has 1 fully saturated rings. The Balaban J connectivity index is 0.00000115. The number of pyridine rings is 1. The molecule has 3 aromatic rings. The minimum Gasteiger partial charge on any atom is -0.387 e. The Labute approximate surface area is 208 Å². The first-order chi connectivity index (χ1) is 17.3. The second kappa shape index (κ2) is 12.8. The highest BCUT2D eigenvalue weighted by molar-refractivity contribution is 7.39. The summed E-state index contributed by atoms with van der Waals surface area (Å²) in [5, 5.41) is 20.5. The van der Waals surface area contributed by atoms with Crippen LogP contribution in [-0.2, 0) is 15.8 Å². The van der Waals surface area contributed by atoms with E-state index in [1.807, 2.05) is 43.3 Å². The van der Waals surface area contributed by atoms with Crippen molar-refractivity contribution in [3.05, 3.63) is 100 Å². The molecule has 4 atom stereocenters. The van der Waals surface area contributed by atoms with Gasteiger partial charge in [-0.3, -0.25) is 18.9 Å². The molecule has 12 heteroatoms. The van der Waals surface area contributed by atoms with Gasteiger partial charge in [-0.2, -0.15) is 0 Å². The fourth-order valence-corrected chi connectivity index (χ4v) is 3.87. The zero-order chi connectivity index (χ0) is 26.2. The van der Waals surface area contributed by atoms with Crippen molar-refractivity contribution >= 4 is 8.60 Å². The van der Waals surface area contributed by atoms with Crippen molar-refractivity contribution in [2.45, 2.75) is 38.0 Å². The van der Waals surface area contributed by atoms with Crippen molar-refractivity contribution in [1.82, 2.24) is 14.1 Å². The van der Waals surface area contributed by atoms with Crippen LogP contribution in [-0.4, -0.2) is 59.0 Å². The predicted molar refractivity (Wildman–Crippen MR) is 133 cm³/mol. The third kappa shape index (κ3) is 6.59. The van der Waals surface area contributed by atoms with E-state index >= 15 is 0 Å². The fourth-order valence-electron chi connectivity index (χ4n) is 3.59. The largest absolute Gasteiger partial charge is 0.387 e. The number of rotatable bonds is 7. The first-order valence-electron chi connectivity index (χ1n) is 11.0. The molecule has 1 aromatic carbocycles. The van der Waals surface area contributed by atoms with Gasteiger partial charge in [-0.15, -0.1) is 6.58 Å². The molecule has 1 saturated heterocycles. The molecule has 0 amide bonds. The maximum Gasteiger partial charge on any atom is 0.333 e. The van der Waals surface area contributed by atoms with Gasteiger partial charge in [0.2, 0.25) is 0 Å². The topological polar surface area (TPSA) is 156 Å². The molecular formula is C24H28N3O8P. The maximum absolute atomic E-state index is 13.0. The number of aliphatic hydroxyl groups excluding tert-OH is 2. The molecule has 192 valence electrons. The van der Waals surface area contributed by atoms with Crippen LogP contribution < -0.4 is 11.2 Å². The first kappa shape index (κ1) is 27.6. The van der Waals surface area contributed by atoms with Gasteiger partial charge in [-0.25, -0.2) is 4.79 Å². The summed E-state index contributed by atoms with van der Waals surface area (Å²) in [5.74, 6) is 0. The lowest BCUT2D eigenvalue weighted by molar-refractivity contribution is -0.0531. The Kier molecular flexibility index (Phi) is 9.80. The maximum atomic E-state index is 13.0. The van der Waals surface area contributed by atoms with E-state index in [2.05, 4.69) is 16.1 Å². The van der Waals surface area contributed by atoms with E-state index in [-0.39, 0.29) is 6.54 Å². The Morgan fingerprint density at radius 2 is 1.78 bits per heavy atom. The number of benzene rings is 1. The molecule has 4 N–H and O–H groups in total. The summed E-state index contributed by atoms with van der Waals surface area (Å²) in [6.45, 7) is 4.74. The van der Waals surface area contributed by atoms with Crippen molar-refractivity contribution in [1.29, 1.82) is 0 Å². The van der Waals surface area contributed by atoms with Crippen LogP contribution in [0.3, 0.4) is 0 Å². The number of ether oxygens (including phenoxy) is 1. The summed E-state index contributed by atoms with van der Waals surface area (Å²) < 4.78 is 12.1. The lowest BCUT2D eigenvalue weighted by Gasteiger charge is -2.18. The van der Waals surface area contributed by atoms with Gasteiger partial charge in [0.25, 0.3) is 5.56 Å². The normalized spacial score (nSPS) is 21.2. The molecule has 2 aromatic heterocycles. The molecule has 11 nitrogen and oxygen atoms in total. The molecule has 0 aliphatic carbocycles. The Hall–Kier alpha value is -3.02. The first-order valence-corrected chi connectivity index (χ1v) is 12.1. The number of aromatic nitrogens is 3. The SMILES string of the molecule is C=CC.O=c1ccn(C2OC(COP(O)O)C(O)C2O)c(=O)n1Cc1ccc(-c2ccccc2)cn1. The van der Waals surface area contributed by atoms with E-state index in [1.54, 1.807) is 18.3 Å². The van der Waals surface area contributed by atoms with Crippen molar-refractivity contribution in [3.8, 4) is 11.1 Å². The molecule has 0 radical (unpaired) electrons. The monoisotopic (exact) mass is 517 g/mol. The minimum atomic E-state index is -2.67. The summed E-state index contributed by atoms with van der Waals surface area (Å²) >= 11 is 0. The van der Waals surface area contributed by atoms with Crippen LogP contribution in [0.1, 0.15) is 18.8 Å². The molecule has 4 unspecified atom stereocenters. The van der Waals surface area contributed by atoms with Gasteiger partial charge in [-0.1, -0.05) is 42.5 Å². The fraction of sp³-hybridized carbons (Fsp3) is 0.292. The number of aliphatic hydroxyl groups is 2. The van der Waals surface area contributed by atoms with E-state index < -0.39 is 51.0 Å².